The maximum Gasteiger partial charge on any atom is 0.172 e. The Morgan fingerprint density at radius 1 is 1.15 bits per heavy atom. The monoisotopic (exact) mass is 400 g/mol. The fourth-order valence-electron chi connectivity index (χ4n) is 2.93. The molecule has 0 fully saturated rings. The quantitative estimate of drug-likeness (QED) is 0.423. The van der Waals surface area contributed by atoms with Gasteiger partial charge in [0, 0.05) is 9.75 Å². The molecule has 0 spiro atoms. The van der Waals surface area contributed by atoms with Crippen LogP contribution in [0.15, 0.2) is 66.0 Å². The third kappa shape index (κ3) is 3.16. The van der Waals surface area contributed by atoms with Crippen molar-refractivity contribution in [3.63, 3.8) is 0 Å². The number of benzene rings is 1. The number of aliphatic hydroxyl groups excluding tert-OH is 1. The van der Waals surface area contributed by atoms with E-state index in [-0.39, 0.29) is 0 Å². The molecule has 1 aromatic carbocycles. The van der Waals surface area contributed by atoms with Crippen LogP contribution in [-0.2, 0) is 0 Å². The number of halogens is 1. The molecule has 0 radical (unpaired) electrons. The molecule has 6 heteroatoms. The van der Waals surface area contributed by atoms with Crippen LogP contribution >= 0.6 is 34.7 Å². The fourth-order valence-corrected chi connectivity index (χ4v) is 4.91. The van der Waals surface area contributed by atoms with Crippen LogP contribution in [0, 0.1) is 0 Å². The van der Waals surface area contributed by atoms with Crippen LogP contribution in [0.5, 0.6) is 0 Å². The maximum atomic E-state index is 11.1. The summed E-state index contributed by atoms with van der Waals surface area (Å²) in [5.41, 5.74) is 2.74. The van der Waals surface area contributed by atoms with Crippen molar-refractivity contribution in [3.05, 3.63) is 76.4 Å². The molecule has 4 aromatic rings. The van der Waals surface area contributed by atoms with Crippen LogP contribution in [0.4, 0.5) is 0 Å². The number of hydrogen-bond acceptors (Lipinski definition) is 4. The smallest absolute Gasteiger partial charge is 0.172 e. The summed E-state index contributed by atoms with van der Waals surface area (Å²) in [6.45, 7) is 2.08. The zero-order valence-electron chi connectivity index (χ0n) is 14.1. The summed E-state index contributed by atoms with van der Waals surface area (Å²) in [5, 5.41) is 12.5. The molecule has 0 bridgehead atoms. The molecule has 0 unspecified atom stereocenters. The van der Waals surface area contributed by atoms with Crippen molar-refractivity contribution in [1.82, 2.24) is 9.38 Å². The van der Waals surface area contributed by atoms with Crippen molar-refractivity contribution in [3.8, 4) is 10.4 Å². The molecule has 0 amide bonds. The van der Waals surface area contributed by atoms with Crippen molar-refractivity contribution in [2.75, 3.05) is 5.75 Å². The number of rotatable bonds is 5. The summed E-state index contributed by atoms with van der Waals surface area (Å²) in [7, 11) is 0. The van der Waals surface area contributed by atoms with E-state index in [0.717, 1.165) is 31.7 Å². The summed E-state index contributed by atoms with van der Waals surface area (Å²) in [6.07, 6.45) is 1.01. The van der Waals surface area contributed by atoms with Gasteiger partial charge < -0.3 is 5.11 Å². The lowest BCUT2D eigenvalue weighted by molar-refractivity contribution is 0.217. The molecule has 4 rings (SSSR count). The second kappa shape index (κ2) is 7.45. The number of thiophene rings is 1. The summed E-state index contributed by atoms with van der Waals surface area (Å²) in [5.74, 6) is 0.901. The first kappa shape index (κ1) is 17.6. The van der Waals surface area contributed by atoms with Crippen LogP contribution in [-0.4, -0.2) is 20.2 Å². The average Bonchev–Trinajstić information content (AvgIpc) is 3.30. The molecule has 132 valence electrons. The molecule has 3 heterocycles. The Balaban J connectivity index is 1.79. The third-order valence-corrected chi connectivity index (χ3v) is 6.47. The Morgan fingerprint density at radius 2 is 1.96 bits per heavy atom. The van der Waals surface area contributed by atoms with Crippen LogP contribution in [0.2, 0.25) is 5.02 Å². The summed E-state index contributed by atoms with van der Waals surface area (Å²) >= 11 is 9.70. The number of pyridine rings is 1. The van der Waals surface area contributed by atoms with Gasteiger partial charge in [0.2, 0.25) is 0 Å². The largest absolute Gasteiger partial charge is 0.381 e. The molecule has 0 aliphatic rings. The molecule has 3 aromatic heterocycles. The van der Waals surface area contributed by atoms with E-state index in [1.807, 2.05) is 53.1 Å². The van der Waals surface area contributed by atoms with Crippen molar-refractivity contribution < 1.29 is 5.11 Å². The van der Waals surface area contributed by atoms with E-state index in [0.29, 0.717) is 10.7 Å². The number of fused-ring (bicyclic) bond motifs is 1. The fraction of sp³-hybridized carbons (Fsp3) is 0.150. The highest BCUT2D eigenvalue weighted by atomic mass is 35.5. The second-order valence-corrected chi connectivity index (χ2v) is 8.52. The Morgan fingerprint density at radius 3 is 2.73 bits per heavy atom. The molecule has 0 aliphatic heterocycles. The minimum Gasteiger partial charge on any atom is -0.381 e. The number of nitrogens with zero attached hydrogens (tertiary/aromatic N) is 2. The third-order valence-electron chi connectivity index (χ3n) is 4.13. The average molecular weight is 401 g/mol. The highest BCUT2D eigenvalue weighted by Crippen LogP contribution is 2.37. The van der Waals surface area contributed by atoms with Gasteiger partial charge in [0.15, 0.2) is 5.16 Å². The lowest BCUT2D eigenvalue weighted by Gasteiger charge is -2.15. The lowest BCUT2D eigenvalue weighted by Crippen LogP contribution is -2.06. The van der Waals surface area contributed by atoms with Crippen LogP contribution in [0.25, 0.3) is 16.0 Å². The normalized spacial score (nSPS) is 12.6. The van der Waals surface area contributed by atoms with Gasteiger partial charge in [-0.2, -0.15) is 0 Å². The molecule has 0 aliphatic carbocycles. The highest BCUT2D eigenvalue weighted by Gasteiger charge is 2.22. The van der Waals surface area contributed by atoms with Gasteiger partial charge >= 0.3 is 0 Å². The maximum absolute atomic E-state index is 11.1. The van der Waals surface area contributed by atoms with Crippen molar-refractivity contribution in [2.24, 2.45) is 0 Å². The zero-order chi connectivity index (χ0) is 18.1. The predicted molar refractivity (Wildman–Crippen MR) is 110 cm³/mol. The standard InChI is InChI=1S/C20H17ClN2OS2/c1-2-25-20-22-12-14-8-9-15(21)18(23(14)20)19(24)17-11-10-16(26-17)13-6-4-3-5-7-13/h3-12,19,24H,2H2,1H3/t19-/m0/s1. The van der Waals surface area contributed by atoms with Crippen molar-refractivity contribution in [2.45, 2.75) is 18.2 Å². The number of aliphatic hydroxyl groups is 1. The van der Waals surface area contributed by atoms with Gasteiger partial charge in [-0.15, -0.1) is 11.3 Å². The van der Waals surface area contributed by atoms with E-state index in [2.05, 4.69) is 24.0 Å². The van der Waals surface area contributed by atoms with E-state index in [9.17, 15) is 5.11 Å². The second-order valence-electron chi connectivity index (χ2n) is 5.77. The zero-order valence-corrected chi connectivity index (χ0v) is 16.5. The number of hydrogen-bond donors (Lipinski definition) is 1. The first-order chi connectivity index (χ1) is 12.7. The molecular formula is C20H17ClN2OS2. The van der Waals surface area contributed by atoms with E-state index in [1.165, 1.54) is 0 Å². The molecule has 0 saturated heterocycles. The molecule has 26 heavy (non-hydrogen) atoms. The van der Waals surface area contributed by atoms with E-state index in [1.54, 1.807) is 23.1 Å². The Bertz CT molecular complexity index is 1040. The molecule has 0 saturated carbocycles. The van der Waals surface area contributed by atoms with Crippen molar-refractivity contribution in [1.29, 1.82) is 0 Å². The Labute approximate surface area is 165 Å². The van der Waals surface area contributed by atoms with Crippen molar-refractivity contribution >= 4 is 40.2 Å². The van der Waals surface area contributed by atoms with E-state index < -0.39 is 6.10 Å². The van der Waals surface area contributed by atoms with Gasteiger partial charge in [0.1, 0.15) is 6.10 Å². The van der Waals surface area contributed by atoms with Crippen LogP contribution < -0.4 is 0 Å². The molecule has 3 nitrogen and oxygen atoms in total. The summed E-state index contributed by atoms with van der Waals surface area (Å²) < 4.78 is 1.96. The Kier molecular flexibility index (Phi) is 5.05. The molecular weight excluding hydrogens is 384 g/mol. The van der Waals surface area contributed by atoms with Crippen LogP contribution in [0.3, 0.4) is 0 Å². The lowest BCUT2D eigenvalue weighted by atomic mass is 10.1. The minimum atomic E-state index is -0.806. The van der Waals surface area contributed by atoms with E-state index >= 15 is 0 Å². The van der Waals surface area contributed by atoms with Gasteiger partial charge in [-0.05, 0) is 35.6 Å². The highest BCUT2D eigenvalue weighted by molar-refractivity contribution is 7.99. The topological polar surface area (TPSA) is 37.5 Å². The first-order valence-corrected chi connectivity index (χ1v) is 10.5. The minimum absolute atomic E-state index is 0.538. The SMILES string of the molecule is CCSc1ncc2ccc(Cl)c([C@@H](O)c3ccc(-c4ccccc4)s3)n12. The van der Waals surface area contributed by atoms with Crippen LogP contribution in [0.1, 0.15) is 23.6 Å². The van der Waals surface area contributed by atoms with E-state index in [4.69, 9.17) is 11.6 Å². The molecule has 1 N–H and O–H groups in total. The van der Waals surface area contributed by atoms with Gasteiger partial charge in [-0.25, -0.2) is 4.98 Å². The number of thioether (sulfide) groups is 1. The first-order valence-electron chi connectivity index (χ1n) is 8.31. The molecule has 1 atom stereocenters. The van der Waals surface area contributed by atoms with Gasteiger partial charge in [-0.3, -0.25) is 4.40 Å². The number of aromatic nitrogens is 2. The van der Waals surface area contributed by atoms with Gasteiger partial charge in [-0.1, -0.05) is 60.6 Å². The number of imidazole rings is 1. The van der Waals surface area contributed by atoms with Gasteiger partial charge in [0.05, 0.1) is 22.4 Å². The van der Waals surface area contributed by atoms with Gasteiger partial charge in [0.25, 0.3) is 0 Å². The Hall–Kier alpha value is -1.79. The summed E-state index contributed by atoms with van der Waals surface area (Å²) in [6, 6.07) is 17.9. The summed E-state index contributed by atoms with van der Waals surface area (Å²) in [4.78, 5) is 6.46. The predicted octanol–water partition coefficient (Wildman–Crippen LogP) is 5.91.